The van der Waals surface area contributed by atoms with E-state index in [-0.39, 0.29) is 17.7 Å². The van der Waals surface area contributed by atoms with Crippen LogP contribution in [0.15, 0.2) is 79.3 Å². The number of anilines is 2. The van der Waals surface area contributed by atoms with Gasteiger partial charge in [0.1, 0.15) is 23.3 Å². The molecule has 162 valence electrons. The van der Waals surface area contributed by atoms with Crippen LogP contribution in [-0.2, 0) is 4.79 Å². The third-order valence-electron chi connectivity index (χ3n) is 4.84. The summed E-state index contributed by atoms with van der Waals surface area (Å²) in [5.74, 6) is 1.39. The molecule has 5 rings (SSSR count). The molecule has 4 heterocycles. The zero-order valence-corrected chi connectivity index (χ0v) is 18.7. The lowest BCUT2D eigenvalue weighted by atomic mass is 10.1. The van der Waals surface area contributed by atoms with Crippen molar-refractivity contribution in [3.63, 3.8) is 0 Å². The van der Waals surface area contributed by atoms with Crippen molar-refractivity contribution in [3.05, 3.63) is 78.1 Å². The van der Waals surface area contributed by atoms with Gasteiger partial charge in [0, 0.05) is 12.1 Å². The Kier molecular flexibility index (Phi) is 5.78. The normalized spacial score (nSPS) is 15.7. The Morgan fingerprint density at radius 2 is 2.06 bits per heavy atom. The van der Waals surface area contributed by atoms with Crippen LogP contribution in [0.25, 0.3) is 0 Å². The number of rotatable bonds is 7. The van der Waals surface area contributed by atoms with E-state index in [4.69, 9.17) is 8.83 Å². The third kappa shape index (κ3) is 4.46. The molecular weight excluding hydrogens is 446 g/mol. The molecular formula is C22H19N5O3S2. The van der Waals surface area contributed by atoms with Gasteiger partial charge in [-0.1, -0.05) is 35.2 Å². The number of furan rings is 2. The Balaban J connectivity index is 1.26. The molecule has 1 atom stereocenters. The Morgan fingerprint density at radius 3 is 2.84 bits per heavy atom. The number of nitrogens with zero attached hydrogens (tertiary/aromatic N) is 4. The van der Waals surface area contributed by atoms with Crippen LogP contribution in [0.3, 0.4) is 0 Å². The van der Waals surface area contributed by atoms with Gasteiger partial charge < -0.3 is 14.2 Å². The first-order chi connectivity index (χ1) is 15.7. The third-order valence-corrected chi connectivity index (χ3v) is 6.79. The molecule has 1 aliphatic heterocycles. The van der Waals surface area contributed by atoms with Crippen molar-refractivity contribution in [2.75, 3.05) is 11.1 Å². The fraction of sp³-hybridized carbons (Fsp3) is 0.182. The average Bonchev–Trinajstić information content (AvgIpc) is 3.59. The van der Waals surface area contributed by atoms with Crippen molar-refractivity contribution in [1.29, 1.82) is 0 Å². The van der Waals surface area contributed by atoms with Crippen LogP contribution in [0.4, 0.5) is 10.8 Å². The van der Waals surface area contributed by atoms with E-state index in [0.29, 0.717) is 27.4 Å². The number of aryl methyl sites for hydroxylation is 1. The molecule has 1 unspecified atom stereocenters. The Morgan fingerprint density at radius 1 is 1.19 bits per heavy atom. The van der Waals surface area contributed by atoms with E-state index in [2.05, 4.69) is 20.6 Å². The van der Waals surface area contributed by atoms with Crippen LogP contribution in [0, 0.1) is 6.92 Å². The number of thioether (sulfide) groups is 1. The number of hydrazone groups is 1. The number of hydrogen-bond acceptors (Lipinski definition) is 9. The minimum atomic E-state index is -0.300. The van der Waals surface area contributed by atoms with Crippen molar-refractivity contribution < 1.29 is 13.6 Å². The largest absolute Gasteiger partial charge is 0.467 e. The van der Waals surface area contributed by atoms with Gasteiger partial charge in [-0.15, -0.1) is 10.2 Å². The van der Waals surface area contributed by atoms with E-state index in [1.807, 2.05) is 49.4 Å². The molecule has 0 aliphatic carbocycles. The number of hydrogen-bond donors (Lipinski definition) is 1. The Labute approximate surface area is 192 Å². The smallest absolute Gasteiger partial charge is 0.253 e. The summed E-state index contributed by atoms with van der Waals surface area (Å²) in [6.07, 6.45) is 3.72. The molecule has 1 aromatic carbocycles. The Bertz CT molecular complexity index is 1230. The highest BCUT2D eigenvalue weighted by Crippen LogP contribution is 2.35. The summed E-state index contributed by atoms with van der Waals surface area (Å²) in [5, 5.41) is 18.3. The van der Waals surface area contributed by atoms with Gasteiger partial charge in [-0.05, 0) is 48.9 Å². The number of carbonyl (C=O) groups is 1. The maximum Gasteiger partial charge on any atom is 0.253 e. The second kappa shape index (κ2) is 9.01. The van der Waals surface area contributed by atoms with E-state index >= 15 is 0 Å². The van der Waals surface area contributed by atoms with E-state index < -0.39 is 0 Å². The minimum Gasteiger partial charge on any atom is -0.467 e. The minimum absolute atomic E-state index is 0.138. The molecule has 0 radical (unpaired) electrons. The summed E-state index contributed by atoms with van der Waals surface area (Å²) in [6.45, 7) is 2.03. The van der Waals surface area contributed by atoms with Gasteiger partial charge in [-0.2, -0.15) is 5.10 Å². The fourth-order valence-electron chi connectivity index (χ4n) is 3.39. The molecule has 0 fully saturated rings. The standard InChI is InChI=1S/C22H19N5O3S2/c1-14-5-2-6-15(11-14)23-21-24-25-22(32-21)31-13-20(28)27-17(19-8-4-10-30-19)12-16(26-27)18-7-3-9-29-18/h2-11,17H,12-13H2,1H3,(H,23,24). The zero-order valence-electron chi connectivity index (χ0n) is 17.1. The monoisotopic (exact) mass is 465 g/mol. The molecule has 10 heteroatoms. The molecule has 0 spiro atoms. The van der Waals surface area contributed by atoms with Crippen LogP contribution in [-0.4, -0.2) is 32.6 Å². The predicted octanol–water partition coefficient (Wildman–Crippen LogP) is 5.25. The van der Waals surface area contributed by atoms with Gasteiger partial charge in [0.25, 0.3) is 5.91 Å². The van der Waals surface area contributed by atoms with E-state index in [1.54, 1.807) is 18.6 Å². The summed E-state index contributed by atoms with van der Waals surface area (Å²) in [6, 6.07) is 15.0. The molecule has 8 nitrogen and oxygen atoms in total. The second-order valence-corrected chi connectivity index (χ2v) is 9.35. The maximum atomic E-state index is 13.0. The van der Waals surface area contributed by atoms with Gasteiger partial charge in [-0.25, -0.2) is 5.01 Å². The first-order valence-corrected chi connectivity index (χ1v) is 11.7. The van der Waals surface area contributed by atoms with Crippen LogP contribution in [0.5, 0.6) is 0 Å². The SMILES string of the molecule is Cc1cccc(Nc2nnc(SCC(=O)N3N=C(c4ccco4)CC3c3ccco3)s2)c1. The summed E-state index contributed by atoms with van der Waals surface area (Å²) < 4.78 is 11.7. The van der Waals surface area contributed by atoms with Crippen molar-refractivity contribution in [1.82, 2.24) is 15.2 Å². The molecule has 0 bridgehead atoms. The summed E-state index contributed by atoms with van der Waals surface area (Å²) >= 11 is 2.74. The van der Waals surface area contributed by atoms with E-state index in [1.165, 1.54) is 28.1 Å². The highest BCUT2D eigenvalue weighted by atomic mass is 32.2. The average molecular weight is 466 g/mol. The number of carbonyl (C=O) groups excluding carboxylic acids is 1. The van der Waals surface area contributed by atoms with Gasteiger partial charge in [0.05, 0.1) is 18.3 Å². The first-order valence-electron chi connectivity index (χ1n) is 9.92. The van der Waals surface area contributed by atoms with E-state index in [9.17, 15) is 4.79 Å². The molecule has 1 amide bonds. The lowest BCUT2D eigenvalue weighted by Gasteiger charge is -2.19. The first kappa shape index (κ1) is 20.5. The molecule has 3 aromatic heterocycles. The van der Waals surface area contributed by atoms with Crippen LogP contribution >= 0.6 is 23.1 Å². The molecule has 4 aromatic rings. The van der Waals surface area contributed by atoms with E-state index in [0.717, 1.165) is 17.0 Å². The molecule has 1 aliphatic rings. The summed E-state index contributed by atoms with van der Waals surface area (Å²) in [7, 11) is 0. The molecule has 0 saturated carbocycles. The van der Waals surface area contributed by atoms with Gasteiger partial charge >= 0.3 is 0 Å². The van der Waals surface area contributed by atoms with Crippen LogP contribution < -0.4 is 5.32 Å². The number of amides is 1. The Hall–Kier alpha value is -3.37. The van der Waals surface area contributed by atoms with Gasteiger partial charge in [-0.3, -0.25) is 4.79 Å². The molecule has 32 heavy (non-hydrogen) atoms. The quantitative estimate of drug-likeness (QED) is 0.373. The fourth-order valence-corrected chi connectivity index (χ4v) is 5.01. The summed E-state index contributed by atoms with van der Waals surface area (Å²) in [5.41, 5.74) is 2.83. The van der Waals surface area contributed by atoms with Gasteiger partial charge in [0.2, 0.25) is 5.13 Å². The number of aromatic nitrogens is 2. The van der Waals surface area contributed by atoms with Crippen LogP contribution in [0.2, 0.25) is 0 Å². The van der Waals surface area contributed by atoms with Crippen molar-refractivity contribution >= 4 is 45.5 Å². The summed E-state index contributed by atoms with van der Waals surface area (Å²) in [4.78, 5) is 13.0. The molecule has 1 N–H and O–H groups in total. The topological polar surface area (TPSA) is 96.8 Å². The van der Waals surface area contributed by atoms with Crippen LogP contribution in [0.1, 0.15) is 29.5 Å². The van der Waals surface area contributed by atoms with Crippen molar-refractivity contribution in [2.45, 2.75) is 23.7 Å². The maximum absolute atomic E-state index is 13.0. The second-order valence-electron chi connectivity index (χ2n) is 7.15. The lowest BCUT2D eigenvalue weighted by Crippen LogP contribution is -2.28. The van der Waals surface area contributed by atoms with Crippen molar-refractivity contribution in [3.8, 4) is 0 Å². The predicted molar refractivity (Wildman–Crippen MR) is 123 cm³/mol. The highest BCUT2D eigenvalue weighted by molar-refractivity contribution is 8.01. The number of nitrogens with one attached hydrogen (secondary N) is 1. The lowest BCUT2D eigenvalue weighted by molar-refractivity contribution is -0.130. The van der Waals surface area contributed by atoms with Crippen molar-refractivity contribution in [2.24, 2.45) is 5.10 Å². The van der Waals surface area contributed by atoms with Gasteiger partial charge in [0.15, 0.2) is 4.34 Å². The number of benzene rings is 1. The molecule has 0 saturated heterocycles. The highest BCUT2D eigenvalue weighted by Gasteiger charge is 2.35. The zero-order chi connectivity index (χ0) is 21.9.